The molecule has 1 atom stereocenters. The van der Waals surface area contributed by atoms with Crippen molar-refractivity contribution in [2.24, 2.45) is 5.16 Å². The molecule has 110 valence electrons. The summed E-state index contributed by atoms with van der Waals surface area (Å²) in [6.07, 6.45) is 0.257. The highest BCUT2D eigenvalue weighted by Gasteiger charge is 2.29. The summed E-state index contributed by atoms with van der Waals surface area (Å²) in [7, 11) is -3.42. The molecule has 1 aromatic rings. The quantitative estimate of drug-likeness (QED) is 0.374. The lowest BCUT2D eigenvalue weighted by molar-refractivity contribution is -0.384. The third kappa shape index (κ3) is 3.32. The second-order valence-electron chi connectivity index (χ2n) is 4.14. The smallest absolute Gasteiger partial charge is 0.269 e. The van der Waals surface area contributed by atoms with Crippen LogP contribution in [0, 0.1) is 10.1 Å². The van der Waals surface area contributed by atoms with Crippen molar-refractivity contribution >= 4 is 21.2 Å². The van der Waals surface area contributed by atoms with E-state index in [1.807, 2.05) is 0 Å². The third-order valence-corrected chi connectivity index (χ3v) is 5.22. The van der Waals surface area contributed by atoms with Gasteiger partial charge in [-0.15, -0.1) is 0 Å². The Morgan fingerprint density at radius 1 is 1.35 bits per heavy atom. The average molecular weight is 300 g/mol. The Morgan fingerprint density at radius 2 is 1.90 bits per heavy atom. The lowest BCUT2D eigenvalue weighted by Crippen LogP contribution is -2.31. The lowest BCUT2D eigenvalue weighted by atomic mass is 10.1. The summed E-state index contributed by atoms with van der Waals surface area (Å²) < 4.78 is 24.0. The number of nitrogens with zero attached hydrogens (tertiary/aromatic N) is 2. The minimum Gasteiger partial charge on any atom is -0.411 e. The van der Waals surface area contributed by atoms with E-state index in [0.29, 0.717) is 5.56 Å². The molecule has 1 aromatic carbocycles. The maximum Gasteiger partial charge on any atom is 0.269 e. The summed E-state index contributed by atoms with van der Waals surface area (Å²) in [4.78, 5) is 10.0. The van der Waals surface area contributed by atoms with Crippen LogP contribution in [-0.2, 0) is 9.84 Å². The molecule has 0 saturated heterocycles. The average Bonchev–Trinajstić information content (AvgIpc) is 2.44. The molecule has 0 bridgehead atoms. The summed E-state index contributed by atoms with van der Waals surface area (Å²) in [5.74, 6) is -0.0719. The Balaban J connectivity index is 3.23. The van der Waals surface area contributed by atoms with Gasteiger partial charge in [-0.3, -0.25) is 10.1 Å². The molecule has 1 unspecified atom stereocenters. The molecule has 0 radical (unpaired) electrons. The van der Waals surface area contributed by atoms with Gasteiger partial charge in [0, 0.05) is 23.4 Å². The van der Waals surface area contributed by atoms with E-state index < -0.39 is 20.0 Å². The van der Waals surface area contributed by atoms with E-state index in [0.717, 1.165) is 0 Å². The number of non-ortho nitro benzene ring substituents is 1. The van der Waals surface area contributed by atoms with Crippen LogP contribution < -0.4 is 0 Å². The summed E-state index contributed by atoms with van der Waals surface area (Å²) in [5.41, 5.74) is 0.239. The lowest BCUT2D eigenvalue weighted by Gasteiger charge is -2.16. The van der Waals surface area contributed by atoms with Gasteiger partial charge in [0.1, 0.15) is 11.0 Å². The van der Waals surface area contributed by atoms with Crippen LogP contribution in [0.3, 0.4) is 0 Å². The fourth-order valence-corrected chi connectivity index (χ4v) is 3.31. The molecule has 0 aliphatic rings. The Kier molecular flexibility index (Phi) is 5.20. The standard InChI is InChI=1S/C12H16N2O5S/c1-3-11(20(18,19)4-2)12(13-15)9-5-7-10(8-6-9)14(16)17/h5-8,11,15H,3-4H2,1-2H3. The van der Waals surface area contributed by atoms with Crippen molar-refractivity contribution in [2.75, 3.05) is 5.75 Å². The molecule has 0 saturated carbocycles. The molecule has 8 heteroatoms. The van der Waals surface area contributed by atoms with Crippen LogP contribution in [0.25, 0.3) is 0 Å². The Bertz CT molecular complexity index is 607. The van der Waals surface area contributed by atoms with E-state index in [-0.39, 0.29) is 23.6 Å². The Labute approximate surface area is 117 Å². The molecule has 0 spiro atoms. The number of rotatable bonds is 6. The largest absolute Gasteiger partial charge is 0.411 e. The summed E-state index contributed by atoms with van der Waals surface area (Å²) in [6.45, 7) is 3.19. The number of benzene rings is 1. The second-order valence-corrected chi connectivity index (χ2v) is 6.61. The van der Waals surface area contributed by atoms with Gasteiger partial charge in [-0.1, -0.05) is 19.0 Å². The van der Waals surface area contributed by atoms with Gasteiger partial charge in [-0.05, 0) is 18.6 Å². The van der Waals surface area contributed by atoms with E-state index in [4.69, 9.17) is 5.21 Å². The monoisotopic (exact) mass is 300 g/mol. The fraction of sp³-hybridized carbons (Fsp3) is 0.417. The van der Waals surface area contributed by atoms with Gasteiger partial charge >= 0.3 is 0 Å². The minimum atomic E-state index is -3.42. The van der Waals surface area contributed by atoms with Crippen molar-refractivity contribution in [3.05, 3.63) is 39.9 Å². The molecule has 7 nitrogen and oxygen atoms in total. The van der Waals surface area contributed by atoms with Gasteiger partial charge in [0.2, 0.25) is 0 Å². The van der Waals surface area contributed by atoms with Crippen LogP contribution in [0.2, 0.25) is 0 Å². The maximum atomic E-state index is 12.0. The van der Waals surface area contributed by atoms with Crippen LogP contribution >= 0.6 is 0 Å². The molecule has 0 aliphatic carbocycles. The molecule has 0 aromatic heterocycles. The van der Waals surface area contributed by atoms with Crippen LogP contribution in [0.1, 0.15) is 25.8 Å². The van der Waals surface area contributed by atoms with Gasteiger partial charge in [0.15, 0.2) is 9.84 Å². The Hall–Kier alpha value is -1.96. The van der Waals surface area contributed by atoms with Crippen molar-refractivity contribution in [3.63, 3.8) is 0 Å². The highest BCUT2D eigenvalue weighted by molar-refractivity contribution is 7.92. The van der Waals surface area contributed by atoms with Crippen molar-refractivity contribution in [2.45, 2.75) is 25.5 Å². The van der Waals surface area contributed by atoms with E-state index in [1.165, 1.54) is 31.2 Å². The molecular formula is C12H16N2O5S. The van der Waals surface area contributed by atoms with Gasteiger partial charge in [0.05, 0.1) is 4.92 Å². The summed E-state index contributed by atoms with van der Waals surface area (Å²) in [5, 5.41) is 21.8. The zero-order chi connectivity index (χ0) is 15.3. The SMILES string of the molecule is CCC(C(=NO)c1ccc([N+](=O)[O-])cc1)S(=O)(=O)CC. The number of nitro benzene ring substituents is 1. The van der Waals surface area contributed by atoms with Crippen molar-refractivity contribution < 1.29 is 18.5 Å². The highest BCUT2D eigenvalue weighted by atomic mass is 32.2. The van der Waals surface area contributed by atoms with E-state index in [9.17, 15) is 18.5 Å². The predicted octanol–water partition coefficient (Wildman–Crippen LogP) is 1.99. The first-order chi connectivity index (χ1) is 9.37. The zero-order valence-electron chi connectivity index (χ0n) is 11.2. The van der Waals surface area contributed by atoms with Crippen molar-refractivity contribution in [1.29, 1.82) is 0 Å². The van der Waals surface area contributed by atoms with Gasteiger partial charge in [-0.25, -0.2) is 8.42 Å². The minimum absolute atomic E-state index is 0.00393. The topological polar surface area (TPSA) is 110 Å². The molecule has 20 heavy (non-hydrogen) atoms. The molecule has 1 N–H and O–H groups in total. The van der Waals surface area contributed by atoms with Gasteiger partial charge in [0.25, 0.3) is 5.69 Å². The first-order valence-corrected chi connectivity index (χ1v) is 7.77. The van der Waals surface area contributed by atoms with Crippen molar-refractivity contribution in [3.8, 4) is 0 Å². The molecule has 0 heterocycles. The number of hydrogen-bond acceptors (Lipinski definition) is 6. The van der Waals surface area contributed by atoms with Crippen LogP contribution in [0.15, 0.2) is 29.4 Å². The van der Waals surface area contributed by atoms with E-state index in [1.54, 1.807) is 6.92 Å². The van der Waals surface area contributed by atoms with E-state index >= 15 is 0 Å². The molecule has 1 rings (SSSR count). The maximum absolute atomic E-state index is 12.0. The first-order valence-electron chi connectivity index (χ1n) is 6.05. The fourth-order valence-electron chi connectivity index (χ4n) is 1.88. The predicted molar refractivity (Wildman–Crippen MR) is 75.0 cm³/mol. The molecule has 0 amide bonds. The zero-order valence-corrected chi connectivity index (χ0v) is 12.0. The highest BCUT2D eigenvalue weighted by Crippen LogP contribution is 2.18. The van der Waals surface area contributed by atoms with E-state index in [2.05, 4.69) is 5.16 Å². The summed E-state index contributed by atoms with van der Waals surface area (Å²) in [6, 6.07) is 5.24. The van der Waals surface area contributed by atoms with Gasteiger partial charge < -0.3 is 5.21 Å². The normalized spacial score (nSPS) is 14.0. The van der Waals surface area contributed by atoms with Crippen LogP contribution in [0.5, 0.6) is 0 Å². The number of hydrogen-bond donors (Lipinski definition) is 1. The number of oxime groups is 1. The third-order valence-electron chi connectivity index (χ3n) is 2.99. The number of nitro groups is 1. The first kappa shape index (κ1) is 16.1. The molecule has 0 aliphatic heterocycles. The number of sulfone groups is 1. The van der Waals surface area contributed by atoms with Crippen LogP contribution in [0.4, 0.5) is 5.69 Å². The molecular weight excluding hydrogens is 284 g/mol. The summed E-state index contributed by atoms with van der Waals surface area (Å²) >= 11 is 0. The van der Waals surface area contributed by atoms with Crippen LogP contribution in [-0.4, -0.2) is 35.3 Å². The Morgan fingerprint density at radius 3 is 2.25 bits per heavy atom. The second kappa shape index (κ2) is 6.47. The van der Waals surface area contributed by atoms with Crippen molar-refractivity contribution in [1.82, 2.24) is 0 Å². The van der Waals surface area contributed by atoms with Gasteiger partial charge in [-0.2, -0.15) is 0 Å². The molecule has 0 fully saturated rings.